The lowest BCUT2D eigenvalue weighted by atomic mass is 9.92. The molecule has 0 aromatic heterocycles. The Kier molecular flexibility index (Phi) is 6.65. The molecular weight excluding hydrogens is 204 g/mol. The standard InChI is InChI=1S/C13H24O3/c1-3-5-13(16-4-2)12(14)10-11-6-8-15-9-7-11/h11,13H,3-10H2,1-2H3. The minimum Gasteiger partial charge on any atom is -0.381 e. The minimum atomic E-state index is -0.169. The summed E-state index contributed by atoms with van der Waals surface area (Å²) in [6.07, 6.45) is 4.42. The molecule has 16 heavy (non-hydrogen) atoms. The monoisotopic (exact) mass is 228 g/mol. The van der Waals surface area contributed by atoms with Gasteiger partial charge in [0.1, 0.15) is 6.10 Å². The summed E-state index contributed by atoms with van der Waals surface area (Å²) in [5.41, 5.74) is 0. The number of ketones is 1. The van der Waals surface area contributed by atoms with Crippen LogP contribution in [-0.4, -0.2) is 31.7 Å². The van der Waals surface area contributed by atoms with E-state index in [-0.39, 0.29) is 11.9 Å². The van der Waals surface area contributed by atoms with Crippen molar-refractivity contribution < 1.29 is 14.3 Å². The summed E-state index contributed by atoms with van der Waals surface area (Å²) >= 11 is 0. The molecule has 0 radical (unpaired) electrons. The van der Waals surface area contributed by atoms with Crippen molar-refractivity contribution in [2.45, 2.75) is 52.1 Å². The van der Waals surface area contributed by atoms with E-state index in [4.69, 9.17) is 9.47 Å². The van der Waals surface area contributed by atoms with E-state index in [0.29, 0.717) is 18.9 Å². The van der Waals surface area contributed by atoms with Crippen molar-refractivity contribution in [3.63, 3.8) is 0 Å². The molecule has 1 aliphatic rings. The van der Waals surface area contributed by atoms with Crippen molar-refractivity contribution in [2.24, 2.45) is 5.92 Å². The van der Waals surface area contributed by atoms with Crippen LogP contribution in [0.2, 0.25) is 0 Å². The van der Waals surface area contributed by atoms with E-state index in [2.05, 4.69) is 6.92 Å². The number of Topliss-reactive ketones (excluding diaryl/α,β-unsaturated/α-hetero) is 1. The maximum absolute atomic E-state index is 12.0. The molecule has 1 atom stereocenters. The zero-order valence-electron chi connectivity index (χ0n) is 10.5. The van der Waals surface area contributed by atoms with Gasteiger partial charge in [0.25, 0.3) is 0 Å². The Hall–Kier alpha value is -0.410. The fourth-order valence-electron chi connectivity index (χ4n) is 2.17. The molecule has 1 aliphatic heterocycles. The van der Waals surface area contributed by atoms with Crippen molar-refractivity contribution >= 4 is 5.78 Å². The summed E-state index contributed by atoms with van der Waals surface area (Å²) < 4.78 is 10.8. The number of carbonyl (C=O) groups excluding carboxylic acids is 1. The summed E-state index contributed by atoms with van der Waals surface area (Å²) in [5.74, 6) is 0.802. The first-order valence-electron chi connectivity index (χ1n) is 6.50. The second-order valence-electron chi connectivity index (χ2n) is 4.46. The van der Waals surface area contributed by atoms with E-state index in [0.717, 1.165) is 38.9 Å². The molecular formula is C13H24O3. The highest BCUT2D eigenvalue weighted by atomic mass is 16.5. The van der Waals surface area contributed by atoms with Gasteiger partial charge in [-0.15, -0.1) is 0 Å². The van der Waals surface area contributed by atoms with Crippen LogP contribution in [0.25, 0.3) is 0 Å². The molecule has 3 nitrogen and oxygen atoms in total. The number of hydrogen-bond donors (Lipinski definition) is 0. The highest BCUT2D eigenvalue weighted by molar-refractivity contribution is 5.83. The van der Waals surface area contributed by atoms with Crippen LogP contribution in [0.15, 0.2) is 0 Å². The quantitative estimate of drug-likeness (QED) is 0.672. The molecule has 0 saturated carbocycles. The van der Waals surface area contributed by atoms with Crippen LogP contribution in [0.3, 0.4) is 0 Å². The van der Waals surface area contributed by atoms with Crippen molar-refractivity contribution in [3.8, 4) is 0 Å². The summed E-state index contributed by atoms with van der Waals surface area (Å²) in [7, 11) is 0. The molecule has 0 aromatic rings. The van der Waals surface area contributed by atoms with E-state index in [1.807, 2.05) is 6.92 Å². The van der Waals surface area contributed by atoms with Gasteiger partial charge in [-0.2, -0.15) is 0 Å². The Balaban J connectivity index is 2.34. The molecule has 0 N–H and O–H groups in total. The third-order valence-corrected chi connectivity index (χ3v) is 3.11. The lowest BCUT2D eigenvalue weighted by Crippen LogP contribution is -2.28. The maximum atomic E-state index is 12.0. The van der Waals surface area contributed by atoms with Crippen molar-refractivity contribution in [1.29, 1.82) is 0 Å². The number of carbonyl (C=O) groups is 1. The lowest BCUT2D eigenvalue weighted by molar-refractivity contribution is -0.132. The van der Waals surface area contributed by atoms with Gasteiger partial charge in [0, 0.05) is 26.2 Å². The average Bonchev–Trinajstić information content (AvgIpc) is 2.30. The van der Waals surface area contributed by atoms with Gasteiger partial charge >= 0.3 is 0 Å². The molecule has 0 bridgehead atoms. The van der Waals surface area contributed by atoms with Gasteiger partial charge < -0.3 is 9.47 Å². The normalized spacial score (nSPS) is 19.6. The molecule has 0 aliphatic carbocycles. The average molecular weight is 228 g/mol. The first kappa shape index (κ1) is 13.7. The first-order valence-corrected chi connectivity index (χ1v) is 6.50. The maximum Gasteiger partial charge on any atom is 0.161 e. The Morgan fingerprint density at radius 3 is 2.62 bits per heavy atom. The van der Waals surface area contributed by atoms with E-state index < -0.39 is 0 Å². The van der Waals surface area contributed by atoms with Crippen molar-refractivity contribution in [2.75, 3.05) is 19.8 Å². The van der Waals surface area contributed by atoms with Crippen molar-refractivity contribution in [1.82, 2.24) is 0 Å². The highest BCUT2D eigenvalue weighted by Gasteiger charge is 2.23. The van der Waals surface area contributed by atoms with Crippen LogP contribution in [-0.2, 0) is 14.3 Å². The van der Waals surface area contributed by atoms with Crippen LogP contribution >= 0.6 is 0 Å². The van der Waals surface area contributed by atoms with Gasteiger partial charge in [-0.05, 0) is 32.1 Å². The van der Waals surface area contributed by atoms with Crippen LogP contribution in [0.1, 0.15) is 46.0 Å². The number of hydrogen-bond acceptors (Lipinski definition) is 3. The van der Waals surface area contributed by atoms with Gasteiger partial charge in [0.15, 0.2) is 5.78 Å². The molecule has 3 heteroatoms. The molecule has 1 fully saturated rings. The number of rotatable bonds is 7. The molecule has 0 spiro atoms. The Labute approximate surface area is 98.5 Å². The van der Waals surface area contributed by atoms with Crippen LogP contribution in [0, 0.1) is 5.92 Å². The van der Waals surface area contributed by atoms with Crippen LogP contribution in [0.5, 0.6) is 0 Å². The molecule has 0 aromatic carbocycles. The van der Waals surface area contributed by atoms with Gasteiger partial charge in [-0.3, -0.25) is 4.79 Å². The molecule has 1 unspecified atom stereocenters. The van der Waals surface area contributed by atoms with E-state index >= 15 is 0 Å². The molecule has 94 valence electrons. The third-order valence-electron chi connectivity index (χ3n) is 3.11. The highest BCUT2D eigenvalue weighted by Crippen LogP contribution is 2.20. The summed E-state index contributed by atoms with van der Waals surface area (Å²) in [4.78, 5) is 12.0. The van der Waals surface area contributed by atoms with Crippen LogP contribution in [0.4, 0.5) is 0 Å². The molecule has 1 saturated heterocycles. The first-order chi connectivity index (χ1) is 7.77. The Morgan fingerprint density at radius 1 is 1.38 bits per heavy atom. The second-order valence-corrected chi connectivity index (χ2v) is 4.46. The molecule has 1 heterocycles. The summed E-state index contributed by atoms with van der Waals surface area (Å²) in [6.45, 7) is 6.29. The Bertz CT molecular complexity index is 191. The topological polar surface area (TPSA) is 35.5 Å². The largest absolute Gasteiger partial charge is 0.381 e. The fourth-order valence-corrected chi connectivity index (χ4v) is 2.17. The van der Waals surface area contributed by atoms with Gasteiger partial charge in [-0.25, -0.2) is 0 Å². The van der Waals surface area contributed by atoms with E-state index in [1.165, 1.54) is 0 Å². The van der Waals surface area contributed by atoms with E-state index in [9.17, 15) is 4.79 Å². The minimum absolute atomic E-state index is 0.169. The Morgan fingerprint density at radius 2 is 2.06 bits per heavy atom. The molecule has 0 amide bonds. The lowest BCUT2D eigenvalue weighted by Gasteiger charge is -2.23. The van der Waals surface area contributed by atoms with Crippen molar-refractivity contribution in [3.05, 3.63) is 0 Å². The predicted molar refractivity (Wildman–Crippen MR) is 63.5 cm³/mol. The second kappa shape index (κ2) is 7.80. The molecule has 1 rings (SSSR count). The van der Waals surface area contributed by atoms with Gasteiger partial charge in [0.2, 0.25) is 0 Å². The van der Waals surface area contributed by atoms with E-state index in [1.54, 1.807) is 0 Å². The predicted octanol–water partition coefficient (Wildman–Crippen LogP) is 2.58. The SMILES string of the molecule is CCCC(OCC)C(=O)CC1CCOCC1. The zero-order chi connectivity index (χ0) is 11.8. The zero-order valence-corrected chi connectivity index (χ0v) is 10.5. The van der Waals surface area contributed by atoms with Gasteiger partial charge in [0.05, 0.1) is 0 Å². The fraction of sp³-hybridized carbons (Fsp3) is 0.923. The van der Waals surface area contributed by atoms with Crippen LogP contribution < -0.4 is 0 Å². The smallest absolute Gasteiger partial charge is 0.161 e. The summed E-state index contributed by atoms with van der Waals surface area (Å²) in [5, 5.41) is 0. The third kappa shape index (κ3) is 4.62. The summed E-state index contributed by atoms with van der Waals surface area (Å²) in [6, 6.07) is 0. The van der Waals surface area contributed by atoms with Gasteiger partial charge in [-0.1, -0.05) is 13.3 Å². The number of ether oxygens (including phenoxy) is 2.